The van der Waals surface area contributed by atoms with Crippen LogP contribution in [-0.4, -0.2) is 4.98 Å². The van der Waals surface area contributed by atoms with Crippen molar-refractivity contribution in [3.05, 3.63) is 24.0 Å². The second-order valence-electron chi connectivity index (χ2n) is 3.39. The quantitative estimate of drug-likeness (QED) is 0.704. The summed E-state index contributed by atoms with van der Waals surface area (Å²) in [6, 6.07) is 3.93. The Hall–Kier alpha value is -1.05. The van der Waals surface area contributed by atoms with E-state index in [-0.39, 0.29) is 0 Å². The molecule has 2 nitrogen and oxygen atoms in total. The van der Waals surface area contributed by atoms with Crippen LogP contribution in [0, 0.1) is 0 Å². The molecule has 0 aromatic carbocycles. The average molecular weight is 178 g/mol. The molecule has 1 aromatic heterocycles. The number of nitrogen functional groups attached to an aromatic ring is 1. The number of aryl methyl sites for hydroxylation is 1. The molecule has 1 heterocycles. The molecule has 0 radical (unpaired) electrons. The second-order valence-corrected chi connectivity index (χ2v) is 3.39. The molecule has 2 heteroatoms. The lowest BCUT2D eigenvalue weighted by Crippen LogP contribution is -1.92. The molecule has 0 amide bonds. The molecular weight excluding hydrogens is 160 g/mol. The van der Waals surface area contributed by atoms with Gasteiger partial charge in [0, 0.05) is 5.69 Å². The summed E-state index contributed by atoms with van der Waals surface area (Å²) in [5.41, 5.74) is 7.45. The van der Waals surface area contributed by atoms with Gasteiger partial charge in [-0.2, -0.15) is 0 Å². The minimum atomic E-state index is 0.748. The summed E-state index contributed by atoms with van der Waals surface area (Å²) in [6.45, 7) is 2.22. The number of pyridine rings is 1. The maximum absolute atomic E-state index is 5.54. The van der Waals surface area contributed by atoms with E-state index in [1.54, 1.807) is 6.20 Å². The summed E-state index contributed by atoms with van der Waals surface area (Å²) >= 11 is 0. The molecule has 2 N–H and O–H groups in total. The monoisotopic (exact) mass is 178 g/mol. The van der Waals surface area contributed by atoms with Crippen LogP contribution in [0.25, 0.3) is 0 Å². The number of anilines is 1. The van der Waals surface area contributed by atoms with Gasteiger partial charge in [0.1, 0.15) is 0 Å². The Morgan fingerprint density at radius 2 is 2.08 bits per heavy atom. The van der Waals surface area contributed by atoms with Crippen molar-refractivity contribution >= 4 is 5.69 Å². The lowest BCUT2D eigenvalue weighted by atomic mass is 10.1. The first kappa shape index (κ1) is 10.0. The molecule has 0 aliphatic heterocycles. The van der Waals surface area contributed by atoms with Crippen molar-refractivity contribution < 1.29 is 0 Å². The highest BCUT2D eigenvalue weighted by Crippen LogP contribution is 2.07. The van der Waals surface area contributed by atoms with E-state index < -0.39 is 0 Å². The lowest BCUT2D eigenvalue weighted by molar-refractivity contribution is 0.661. The standard InChI is InChI=1S/C11H18N2/c1-2-3-4-5-6-11-8-7-10(12)9-13-11/h7-9H,2-6,12H2,1H3. The summed E-state index contributed by atoms with van der Waals surface area (Å²) in [4.78, 5) is 4.25. The molecule has 13 heavy (non-hydrogen) atoms. The molecule has 0 fully saturated rings. The first-order valence-corrected chi connectivity index (χ1v) is 5.03. The van der Waals surface area contributed by atoms with Gasteiger partial charge < -0.3 is 5.73 Å². The minimum Gasteiger partial charge on any atom is -0.397 e. The van der Waals surface area contributed by atoms with Gasteiger partial charge in [0.2, 0.25) is 0 Å². The number of rotatable bonds is 5. The van der Waals surface area contributed by atoms with E-state index in [0.29, 0.717) is 0 Å². The first-order chi connectivity index (χ1) is 6.33. The Morgan fingerprint density at radius 1 is 1.23 bits per heavy atom. The summed E-state index contributed by atoms with van der Waals surface area (Å²) in [6.07, 6.45) is 7.98. The lowest BCUT2D eigenvalue weighted by Gasteiger charge is -2.00. The van der Waals surface area contributed by atoms with Crippen LogP contribution in [0.4, 0.5) is 5.69 Å². The van der Waals surface area contributed by atoms with Gasteiger partial charge in [0.15, 0.2) is 0 Å². The number of nitrogens with zero attached hydrogens (tertiary/aromatic N) is 1. The van der Waals surface area contributed by atoms with Crippen molar-refractivity contribution in [1.29, 1.82) is 0 Å². The van der Waals surface area contributed by atoms with Crippen LogP contribution in [0.3, 0.4) is 0 Å². The van der Waals surface area contributed by atoms with Crippen molar-refractivity contribution in [2.45, 2.75) is 39.0 Å². The second kappa shape index (κ2) is 5.57. The highest BCUT2D eigenvalue weighted by molar-refractivity contribution is 5.34. The predicted molar refractivity (Wildman–Crippen MR) is 56.5 cm³/mol. The number of unbranched alkanes of at least 4 members (excludes halogenated alkanes) is 3. The van der Waals surface area contributed by atoms with E-state index in [4.69, 9.17) is 5.73 Å². The zero-order valence-corrected chi connectivity index (χ0v) is 8.29. The van der Waals surface area contributed by atoms with Gasteiger partial charge in [0.05, 0.1) is 11.9 Å². The minimum absolute atomic E-state index is 0.748. The molecule has 0 aliphatic carbocycles. The third-order valence-electron chi connectivity index (χ3n) is 2.13. The fourth-order valence-electron chi connectivity index (χ4n) is 1.32. The Balaban J connectivity index is 2.25. The van der Waals surface area contributed by atoms with Gasteiger partial charge in [0.25, 0.3) is 0 Å². The third-order valence-corrected chi connectivity index (χ3v) is 2.13. The van der Waals surface area contributed by atoms with Gasteiger partial charge in [-0.05, 0) is 25.0 Å². The molecule has 0 saturated carbocycles. The van der Waals surface area contributed by atoms with Crippen molar-refractivity contribution in [3.8, 4) is 0 Å². The highest BCUT2D eigenvalue weighted by Gasteiger charge is 1.94. The fourth-order valence-corrected chi connectivity index (χ4v) is 1.32. The number of hydrogen-bond donors (Lipinski definition) is 1. The molecule has 0 aliphatic rings. The fraction of sp³-hybridized carbons (Fsp3) is 0.545. The van der Waals surface area contributed by atoms with E-state index >= 15 is 0 Å². The zero-order valence-electron chi connectivity index (χ0n) is 8.29. The van der Waals surface area contributed by atoms with Crippen molar-refractivity contribution in [1.82, 2.24) is 4.98 Å². The van der Waals surface area contributed by atoms with Gasteiger partial charge >= 0.3 is 0 Å². The summed E-state index contributed by atoms with van der Waals surface area (Å²) in [5.74, 6) is 0. The van der Waals surface area contributed by atoms with Crippen molar-refractivity contribution in [3.63, 3.8) is 0 Å². The van der Waals surface area contributed by atoms with Gasteiger partial charge in [-0.25, -0.2) is 0 Å². The van der Waals surface area contributed by atoms with Crippen LogP contribution in [0.15, 0.2) is 18.3 Å². The smallest absolute Gasteiger partial charge is 0.0501 e. The Kier molecular flexibility index (Phi) is 4.30. The molecule has 0 spiro atoms. The molecule has 1 aromatic rings. The van der Waals surface area contributed by atoms with Gasteiger partial charge in [-0.15, -0.1) is 0 Å². The van der Waals surface area contributed by atoms with E-state index in [0.717, 1.165) is 17.8 Å². The molecule has 1 rings (SSSR count). The SMILES string of the molecule is CCCCCCc1ccc(N)cn1. The van der Waals surface area contributed by atoms with Crippen LogP contribution in [0.1, 0.15) is 38.3 Å². The van der Waals surface area contributed by atoms with Crippen molar-refractivity contribution in [2.24, 2.45) is 0 Å². The molecule has 0 bridgehead atoms. The molecule has 0 saturated heterocycles. The highest BCUT2D eigenvalue weighted by atomic mass is 14.7. The van der Waals surface area contributed by atoms with Crippen LogP contribution in [-0.2, 0) is 6.42 Å². The molecular formula is C11H18N2. The largest absolute Gasteiger partial charge is 0.397 e. The number of aromatic nitrogens is 1. The van der Waals surface area contributed by atoms with Crippen molar-refractivity contribution in [2.75, 3.05) is 5.73 Å². The van der Waals surface area contributed by atoms with Gasteiger partial charge in [-0.1, -0.05) is 26.2 Å². The van der Waals surface area contributed by atoms with E-state index in [1.165, 1.54) is 25.7 Å². The first-order valence-electron chi connectivity index (χ1n) is 5.03. The Labute approximate surface area is 80.2 Å². The number of nitrogens with two attached hydrogens (primary N) is 1. The maximum Gasteiger partial charge on any atom is 0.0501 e. The molecule has 72 valence electrons. The average Bonchev–Trinajstić information content (AvgIpc) is 2.15. The van der Waals surface area contributed by atoms with E-state index in [1.807, 2.05) is 12.1 Å². The molecule has 0 atom stereocenters. The third kappa shape index (κ3) is 3.92. The van der Waals surface area contributed by atoms with E-state index in [2.05, 4.69) is 11.9 Å². The van der Waals surface area contributed by atoms with E-state index in [9.17, 15) is 0 Å². The topological polar surface area (TPSA) is 38.9 Å². The normalized spacial score (nSPS) is 10.2. The summed E-state index contributed by atoms with van der Waals surface area (Å²) in [7, 11) is 0. The Morgan fingerprint density at radius 3 is 2.69 bits per heavy atom. The summed E-state index contributed by atoms with van der Waals surface area (Å²) in [5, 5.41) is 0. The maximum atomic E-state index is 5.54. The van der Waals surface area contributed by atoms with Crippen LogP contribution in [0.5, 0.6) is 0 Å². The zero-order chi connectivity index (χ0) is 9.52. The van der Waals surface area contributed by atoms with Crippen LogP contribution >= 0.6 is 0 Å². The summed E-state index contributed by atoms with van der Waals surface area (Å²) < 4.78 is 0. The number of hydrogen-bond acceptors (Lipinski definition) is 2. The van der Waals surface area contributed by atoms with Crippen LogP contribution in [0.2, 0.25) is 0 Å². The molecule has 0 unspecified atom stereocenters. The van der Waals surface area contributed by atoms with Gasteiger partial charge in [-0.3, -0.25) is 4.98 Å². The predicted octanol–water partition coefficient (Wildman–Crippen LogP) is 2.79. The Bertz CT molecular complexity index is 228. The van der Waals surface area contributed by atoms with Crippen LogP contribution < -0.4 is 5.73 Å².